The van der Waals surface area contributed by atoms with Crippen LogP contribution in [-0.2, 0) is 9.47 Å². The van der Waals surface area contributed by atoms with Gasteiger partial charge in [-0.05, 0) is 12.8 Å². The van der Waals surface area contributed by atoms with Crippen LogP contribution in [0.4, 0.5) is 0 Å². The Labute approximate surface area is 61.8 Å². The minimum atomic E-state index is -0.0469. The predicted octanol–water partition coefficient (Wildman–Crippen LogP) is 2.06. The Morgan fingerprint density at radius 3 is 2.30 bits per heavy atom. The zero-order valence-electron chi connectivity index (χ0n) is 6.59. The van der Waals surface area contributed by atoms with E-state index in [-0.39, 0.29) is 5.60 Å². The van der Waals surface area contributed by atoms with Crippen molar-refractivity contribution >= 4 is 0 Å². The van der Waals surface area contributed by atoms with Gasteiger partial charge in [0, 0.05) is 0 Å². The lowest BCUT2D eigenvalue weighted by Gasteiger charge is -2.32. The van der Waals surface area contributed by atoms with Gasteiger partial charge in [0.15, 0.2) is 0 Å². The topological polar surface area (TPSA) is 18.5 Å². The first-order valence-electron chi connectivity index (χ1n) is 3.77. The highest BCUT2D eigenvalue weighted by molar-refractivity contribution is 4.85. The van der Waals surface area contributed by atoms with Crippen molar-refractivity contribution in [2.24, 2.45) is 0 Å². The SMILES string of the molecule is CCC1(CC)COC=CO1. The van der Waals surface area contributed by atoms with Gasteiger partial charge in [-0.25, -0.2) is 0 Å². The summed E-state index contributed by atoms with van der Waals surface area (Å²) in [5.41, 5.74) is -0.0469. The number of ether oxygens (including phenoxy) is 2. The fourth-order valence-electron chi connectivity index (χ4n) is 1.07. The molecule has 0 unspecified atom stereocenters. The summed E-state index contributed by atoms with van der Waals surface area (Å²) in [7, 11) is 0. The molecule has 1 rings (SSSR count). The van der Waals surface area contributed by atoms with Crippen LogP contribution in [0.5, 0.6) is 0 Å². The summed E-state index contributed by atoms with van der Waals surface area (Å²) in [5, 5.41) is 0. The molecule has 0 radical (unpaired) electrons. The molecule has 1 heterocycles. The van der Waals surface area contributed by atoms with E-state index in [9.17, 15) is 0 Å². The van der Waals surface area contributed by atoms with Crippen molar-refractivity contribution in [1.29, 1.82) is 0 Å². The van der Waals surface area contributed by atoms with Crippen molar-refractivity contribution in [3.63, 3.8) is 0 Å². The van der Waals surface area contributed by atoms with Gasteiger partial charge in [-0.3, -0.25) is 0 Å². The van der Waals surface area contributed by atoms with Gasteiger partial charge in [0.05, 0.1) is 0 Å². The van der Waals surface area contributed by atoms with Crippen LogP contribution >= 0.6 is 0 Å². The van der Waals surface area contributed by atoms with Crippen molar-refractivity contribution in [1.82, 2.24) is 0 Å². The first-order chi connectivity index (χ1) is 4.83. The van der Waals surface area contributed by atoms with Gasteiger partial charge in [-0.1, -0.05) is 13.8 Å². The highest BCUT2D eigenvalue weighted by atomic mass is 16.6. The van der Waals surface area contributed by atoms with E-state index in [2.05, 4.69) is 13.8 Å². The summed E-state index contributed by atoms with van der Waals surface area (Å²) >= 11 is 0. The lowest BCUT2D eigenvalue weighted by atomic mass is 9.98. The van der Waals surface area contributed by atoms with Crippen LogP contribution in [0.2, 0.25) is 0 Å². The van der Waals surface area contributed by atoms with Gasteiger partial charge < -0.3 is 9.47 Å². The van der Waals surface area contributed by atoms with Crippen LogP contribution in [0.25, 0.3) is 0 Å². The minimum Gasteiger partial charge on any atom is -0.494 e. The van der Waals surface area contributed by atoms with E-state index >= 15 is 0 Å². The zero-order valence-corrected chi connectivity index (χ0v) is 6.59. The Kier molecular flexibility index (Phi) is 2.20. The van der Waals surface area contributed by atoms with E-state index in [1.807, 2.05) is 0 Å². The third-order valence-electron chi connectivity index (χ3n) is 2.10. The highest BCUT2D eigenvalue weighted by Crippen LogP contribution is 2.23. The predicted molar refractivity (Wildman–Crippen MR) is 39.5 cm³/mol. The maximum Gasteiger partial charge on any atom is 0.141 e. The molecular weight excluding hydrogens is 128 g/mol. The summed E-state index contributed by atoms with van der Waals surface area (Å²) in [5.74, 6) is 0. The van der Waals surface area contributed by atoms with E-state index < -0.39 is 0 Å². The number of hydrogen-bond donors (Lipinski definition) is 0. The molecule has 0 aromatic rings. The third-order valence-corrected chi connectivity index (χ3v) is 2.10. The van der Waals surface area contributed by atoms with Crippen LogP contribution in [0.15, 0.2) is 12.5 Å². The Balaban J connectivity index is 2.55. The fraction of sp³-hybridized carbons (Fsp3) is 0.750. The monoisotopic (exact) mass is 142 g/mol. The van der Waals surface area contributed by atoms with E-state index in [1.165, 1.54) is 0 Å². The average molecular weight is 142 g/mol. The maximum absolute atomic E-state index is 5.46. The van der Waals surface area contributed by atoms with Crippen molar-refractivity contribution in [2.75, 3.05) is 6.61 Å². The van der Waals surface area contributed by atoms with Gasteiger partial charge in [0.2, 0.25) is 0 Å². The summed E-state index contributed by atoms with van der Waals surface area (Å²) in [6.07, 6.45) is 5.25. The van der Waals surface area contributed by atoms with E-state index in [0.717, 1.165) is 12.8 Å². The molecule has 0 saturated carbocycles. The molecule has 0 N–H and O–H groups in total. The zero-order chi connectivity index (χ0) is 7.45. The minimum absolute atomic E-state index is 0.0469. The van der Waals surface area contributed by atoms with Gasteiger partial charge in [-0.2, -0.15) is 0 Å². The maximum atomic E-state index is 5.46. The molecular formula is C8H14O2. The van der Waals surface area contributed by atoms with Gasteiger partial charge >= 0.3 is 0 Å². The van der Waals surface area contributed by atoms with Crippen LogP contribution in [0.3, 0.4) is 0 Å². The molecule has 10 heavy (non-hydrogen) atoms. The van der Waals surface area contributed by atoms with Crippen LogP contribution < -0.4 is 0 Å². The molecule has 58 valence electrons. The van der Waals surface area contributed by atoms with Crippen LogP contribution in [-0.4, -0.2) is 12.2 Å². The quantitative estimate of drug-likeness (QED) is 0.587. The lowest BCUT2D eigenvalue weighted by Crippen LogP contribution is -2.36. The smallest absolute Gasteiger partial charge is 0.141 e. The normalized spacial score (nSPS) is 21.4. The fourth-order valence-corrected chi connectivity index (χ4v) is 1.07. The summed E-state index contributed by atoms with van der Waals surface area (Å²) in [4.78, 5) is 0. The van der Waals surface area contributed by atoms with Crippen LogP contribution in [0, 0.1) is 0 Å². The van der Waals surface area contributed by atoms with Crippen molar-refractivity contribution in [3.8, 4) is 0 Å². The molecule has 0 amide bonds. The Bertz CT molecular complexity index is 125. The molecule has 2 heteroatoms. The molecule has 1 aliphatic rings. The molecule has 0 aromatic carbocycles. The van der Waals surface area contributed by atoms with Crippen molar-refractivity contribution < 1.29 is 9.47 Å². The lowest BCUT2D eigenvalue weighted by molar-refractivity contribution is -0.0631. The van der Waals surface area contributed by atoms with E-state index in [1.54, 1.807) is 12.5 Å². The van der Waals surface area contributed by atoms with Crippen LogP contribution in [0.1, 0.15) is 26.7 Å². The summed E-state index contributed by atoms with van der Waals surface area (Å²) in [6.45, 7) is 4.93. The van der Waals surface area contributed by atoms with Gasteiger partial charge in [-0.15, -0.1) is 0 Å². The van der Waals surface area contributed by atoms with Gasteiger partial charge in [0.25, 0.3) is 0 Å². The molecule has 0 bridgehead atoms. The first-order valence-corrected chi connectivity index (χ1v) is 3.77. The third kappa shape index (κ3) is 1.25. The van der Waals surface area contributed by atoms with E-state index in [4.69, 9.17) is 9.47 Å². The second-order valence-corrected chi connectivity index (χ2v) is 2.59. The second-order valence-electron chi connectivity index (χ2n) is 2.59. The molecule has 0 spiro atoms. The molecule has 0 aromatic heterocycles. The van der Waals surface area contributed by atoms with Crippen molar-refractivity contribution in [2.45, 2.75) is 32.3 Å². The molecule has 0 fully saturated rings. The largest absolute Gasteiger partial charge is 0.494 e. The summed E-state index contributed by atoms with van der Waals surface area (Å²) < 4.78 is 10.6. The molecule has 0 saturated heterocycles. The standard InChI is InChI=1S/C8H14O2/c1-3-8(4-2)7-9-5-6-10-8/h5-6H,3-4,7H2,1-2H3. The second kappa shape index (κ2) is 2.95. The molecule has 2 nitrogen and oxygen atoms in total. The average Bonchev–Trinajstić information content (AvgIpc) is 2.06. The number of hydrogen-bond acceptors (Lipinski definition) is 2. The van der Waals surface area contributed by atoms with Gasteiger partial charge in [0.1, 0.15) is 24.7 Å². The Morgan fingerprint density at radius 2 is 2.00 bits per heavy atom. The Hall–Kier alpha value is -0.660. The molecule has 1 aliphatic heterocycles. The Morgan fingerprint density at radius 1 is 1.30 bits per heavy atom. The number of rotatable bonds is 2. The first kappa shape index (κ1) is 7.45. The van der Waals surface area contributed by atoms with E-state index in [0.29, 0.717) is 6.61 Å². The highest BCUT2D eigenvalue weighted by Gasteiger charge is 2.29. The molecule has 0 atom stereocenters. The molecule has 0 aliphatic carbocycles. The van der Waals surface area contributed by atoms with Crippen molar-refractivity contribution in [3.05, 3.63) is 12.5 Å². The summed E-state index contributed by atoms with van der Waals surface area (Å²) in [6, 6.07) is 0.